The van der Waals surface area contributed by atoms with Gasteiger partial charge in [0.15, 0.2) is 0 Å². The van der Waals surface area contributed by atoms with Gasteiger partial charge in [-0.05, 0) is 6.42 Å². The Balaban J connectivity index is 0. The molecule has 0 aromatic rings. The third-order valence-corrected chi connectivity index (χ3v) is 6.90. The average molecular weight is 723 g/mol. The molecule has 46 heavy (non-hydrogen) atoms. The van der Waals surface area contributed by atoms with Gasteiger partial charge in [-0.3, -0.25) is 14.6 Å². The third kappa shape index (κ3) is 18.9. The summed E-state index contributed by atoms with van der Waals surface area (Å²) in [4.78, 5) is 24.0. The van der Waals surface area contributed by atoms with Gasteiger partial charge in [-0.2, -0.15) is 43.8 Å². The molecule has 0 spiro atoms. The number of carbonyl (C=O) groups is 2. The second-order valence-corrected chi connectivity index (χ2v) is 10.7. The summed E-state index contributed by atoms with van der Waals surface area (Å²) in [5.74, 6) is -22.7. The van der Waals surface area contributed by atoms with Crippen molar-refractivity contribution < 1.29 is 112 Å². The quantitative estimate of drug-likeness (QED) is 0.0226. The molecule has 0 heterocycles. The molecule has 1 unspecified atom stereocenters. The van der Waals surface area contributed by atoms with Crippen molar-refractivity contribution in [1.29, 1.82) is 0 Å². The molecule has 9 nitrogen and oxygen atoms in total. The van der Waals surface area contributed by atoms with Gasteiger partial charge in [0.05, 0.1) is 39.3 Å². The molecular weight excluding hydrogens is 682 g/mol. The predicted molar refractivity (Wildman–Crippen MR) is 139 cm³/mol. The summed E-state index contributed by atoms with van der Waals surface area (Å²) < 4.78 is 140. The van der Waals surface area contributed by atoms with Crippen LogP contribution in [0, 0.1) is 0 Å². The zero-order valence-corrected chi connectivity index (χ0v) is 28.6. The molecule has 0 amide bonds. The fourth-order valence-corrected chi connectivity index (χ4v) is 4.07. The molecule has 0 aromatic heterocycles. The van der Waals surface area contributed by atoms with Crippen LogP contribution in [0.5, 0.6) is 0 Å². The summed E-state index contributed by atoms with van der Waals surface area (Å²) in [5, 5.41) is 11.2. The van der Waals surface area contributed by atoms with E-state index in [-0.39, 0.29) is 61.4 Å². The Kier molecular flexibility index (Phi) is 26.3. The van der Waals surface area contributed by atoms with Crippen LogP contribution < -0.4 is 34.8 Å². The number of rotatable bonds is 28. The van der Waals surface area contributed by atoms with Gasteiger partial charge in [-0.25, -0.2) is 0 Å². The smallest absolute Gasteiger partial charge is 0.691 e. The Bertz CT molecular complexity index is 813. The molecule has 0 aliphatic heterocycles. The normalized spacial score (nSPS) is 13.3. The molecule has 0 aliphatic rings. The number of hydrogen-bond acceptors (Lipinski definition) is 10. The summed E-state index contributed by atoms with van der Waals surface area (Å²) in [6.45, 7) is 1.08. The van der Waals surface area contributed by atoms with Crippen LogP contribution in [0.25, 0.3) is 0 Å². The van der Waals surface area contributed by atoms with Gasteiger partial charge in [-0.1, -0.05) is 64.7 Å². The van der Waals surface area contributed by atoms with Crippen molar-refractivity contribution in [3.63, 3.8) is 0 Å². The van der Waals surface area contributed by atoms with Gasteiger partial charge in [0.1, 0.15) is 11.9 Å². The molecule has 0 radical (unpaired) electrons. The standard InChI is InChI=1S/C26H41F9O9S.Na/c1-2-3-4-5-6-7-8-9-10-11-13-39-15-16-40-17-18-41-21(36)19-20(45-44-43-38)22(37)42-14-12-23(27,28)24(29,30)25(31,32)26(33,34)35;/h20,38H,2-19H2,1H3;/q;+1/p-1. The molecule has 0 aromatic carbocycles. The first kappa shape index (κ1) is 47.6. The second-order valence-electron chi connectivity index (χ2n) is 9.82. The van der Waals surface area contributed by atoms with Crippen LogP contribution in [-0.2, 0) is 37.9 Å². The van der Waals surface area contributed by atoms with Crippen molar-refractivity contribution in [3.05, 3.63) is 0 Å². The molecule has 0 aliphatic carbocycles. The van der Waals surface area contributed by atoms with E-state index in [2.05, 4.69) is 21.0 Å². The monoisotopic (exact) mass is 722 g/mol. The molecule has 0 N–H and O–H groups in total. The van der Waals surface area contributed by atoms with E-state index in [0.717, 1.165) is 19.3 Å². The fourth-order valence-electron chi connectivity index (χ4n) is 3.60. The van der Waals surface area contributed by atoms with Crippen LogP contribution >= 0.6 is 12.0 Å². The van der Waals surface area contributed by atoms with Crippen LogP contribution in [0.2, 0.25) is 0 Å². The minimum Gasteiger partial charge on any atom is -0.691 e. The number of hydrogen-bond donors (Lipinski definition) is 0. The zero-order valence-electron chi connectivity index (χ0n) is 25.8. The first-order valence-corrected chi connectivity index (χ1v) is 15.2. The maximum absolute atomic E-state index is 13.6. The Morgan fingerprint density at radius 2 is 1.17 bits per heavy atom. The Hall–Kier alpha value is -0.540. The number of ether oxygens (including phenoxy) is 4. The van der Waals surface area contributed by atoms with Crippen LogP contribution in [0.15, 0.2) is 0 Å². The van der Waals surface area contributed by atoms with Gasteiger partial charge in [0.2, 0.25) is 0 Å². The minimum atomic E-state index is -7.10. The van der Waals surface area contributed by atoms with E-state index < -0.39 is 60.6 Å². The first-order valence-electron chi connectivity index (χ1n) is 14.3. The number of carbonyl (C=O) groups excluding carboxylic acids is 2. The van der Waals surface area contributed by atoms with E-state index in [1.54, 1.807) is 0 Å². The third-order valence-electron chi connectivity index (χ3n) is 6.17. The number of halogens is 9. The van der Waals surface area contributed by atoms with Gasteiger partial charge >= 0.3 is 65.4 Å². The summed E-state index contributed by atoms with van der Waals surface area (Å²) >= 11 is -0.168. The largest absolute Gasteiger partial charge is 1.00 e. The summed E-state index contributed by atoms with van der Waals surface area (Å²) in [5.41, 5.74) is 0. The number of esters is 2. The maximum Gasteiger partial charge on any atom is 1.00 e. The molecular formula is C26H40F9NaO9S. The molecule has 0 fully saturated rings. The van der Waals surface area contributed by atoms with Crippen molar-refractivity contribution in [2.75, 3.05) is 39.6 Å². The van der Waals surface area contributed by atoms with Crippen LogP contribution in [0.4, 0.5) is 39.5 Å². The van der Waals surface area contributed by atoms with Crippen molar-refractivity contribution in [2.24, 2.45) is 0 Å². The minimum absolute atomic E-state index is 0. The maximum atomic E-state index is 13.6. The van der Waals surface area contributed by atoms with E-state index in [0.29, 0.717) is 13.2 Å². The molecule has 268 valence electrons. The first-order chi connectivity index (χ1) is 21.0. The Morgan fingerprint density at radius 3 is 1.70 bits per heavy atom. The van der Waals surface area contributed by atoms with Crippen molar-refractivity contribution in [3.8, 4) is 0 Å². The van der Waals surface area contributed by atoms with Gasteiger partial charge in [0.25, 0.3) is 0 Å². The van der Waals surface area contributed by atoms with E-state index in [4.69, 9.17) is 14.2 Å². The van der Waals surface area contributed by atoms with Gasteiger partial charge in [0, 0.05) is 18.6 Å². The van der Waals surface area contributed by atoms with Crippen LogP contribution in [0.1, 0.15) is 84.0 Å². The SMILES string of the molecule is CCCCCCCCCCCCOCCOCCOC(=O)CC(SOO[O-])C(=O)OCCC(F)(F)C(F)(F)C(F)(F)C(F)(F)F.[Na+]. The molecule has 0 saturated carbocycles. The molecule has 20 heteroatoms. The van der Waals surface area contributed by atoms with Crippen molar-refractivity contribution in [2.45, 2.75) is 113 Å². The molecule has 0 rings (SSSR count). The second kappa shape index (κ2) is 25.4. The van der Waals surface area contributed by atoms with Gasteiger partial charge in [-0.15, -0.1) is 0 Å². The van der Waals surface area contributed by atoms with E-state index in [1.807, 2.05) is 0 Å². The number of unbranched alkanes of at least 4 members (excludes halogenated alkanes) is 9. The summed E-state index contributed by atoms with van der Waals surface area (Å²) in [6.07, 6.45) is 1.54. The molecule has 0 saturated heterocycles. The van der Waals surface area contributed by atoms with Crippen molar-refractivity contribution in [1.82, 2.24) is 0 Å². The summed E-state index contributed by atoms with van der Waals surface area (Å²) in [7, 11) is 0. The molecule has 0 bridgehead atoms. The zero-order chi connectivity index (χ0) is 34.4. The number of alkyl halides is 9. The Morgan fingerprint density at radius 1 is 0.674 bits per heavy atom. The molecule has 1 atom stereocenters. The Labute approximate surface area is 288 Å². The van der Waals surface area contributed by atoms with Gasteiger partial charge < -0.3 is 24.2 Å². The van der Waals surface area contributed by atoms with Crippen molar-refractivity contribution >= 4 is 24.0 Å². The fraction of sp³-hybridized carbons (Fsp3) is 0.923. The van der Waals surface area contributed by atoms with E-state index >= 15 is 0 Å². The topological polar surface area (TPSA) is 113 Å². The van der Waals surface area contributed by atoms with Crippen LogP contribution in [-0.4, -0.2) is 80.8 Å². The van der Waals surface area contributed by atoms with E-state index in [1.165, 1.54) is 44.9 Å². The van der Waals surface area contributed by atoms with E-state index in [9.17, 15) is 54.4 Å². The average Bonchev–Trinajstić information content (AvgIpc) is 2.95. The van der Waals surface area contributed by atoms with Crippen LogP contribution in [0.3, 0.4) is 0 Å². The summed E-state index contributed by atoms with van der Waals surface area (Å²) in [6, 6.07) is 0. The predicted octanol–water partition coefficient (Wildman–Crippen LogP) is 3.52.